The molecule has 2 aromatic carbocycles. The first kappa shape index (κ1) is 21.2. The van der Waals surface area contributed by atoms with Gasteiger partial charge in [0.15, 0.2) is 5.69 Å². The molecule has 2 N–H and O–H groups in total. The number of carbonyl (C=O) groups excluding carboxylic acids is 2. The molecular weight excluding hydrogens is 416 g/mol. The van der Waals surface area contributed by atoms with Gasteiger partial charge in [-0.3, -0.25) is 14.7 Å². The topological polar surface area (TPSA) is 95.9 Å². The molecule has 33 heavy (non-hydrogen) atoms. The number of benzene rings is 2. The van der Waals surface area contributed by atoms with Crippen molar-refractivity contribution < 1.29 is 9.59 Å². The molecule has 4 aromatic rings. The summed E-state index contributed by atoms with van der Waals surface area (Å²) in [7, 11) is 0. The van der Waals surface area contributed by atoms with E-state index in [-0.39, 0.29) is 17.7 Å². The van der Waals surface area contributed by atoms with Gasteiger partial charge in [0.05, 0.1) is 22.9 Å². The summed E-state index contributed by atoms with van der Waals surface area (Å²) in [5, 5.41) is 11.1. The monoisotopic (exact) mass is 444 g/mol. The van der Waals surface area contributed by atoms with E-state index < -0.39 is 0 Å². The number of fused-ring (bicyclic) bond motifs is 2. The van der Waals surface area contributed by atoms with E-state index in [9.17, 15) is 9.59 Å². The maximum Gasteiger partial charge on any atom is 0.275 e. The average molecular weight is 445 g/mol. The Bertz CT molecular complexity index is 1340. The second kappa shape index (κ2) is 8.69. The largest absolute Gasteiger partial charge is 0.337 e. The minimum Gasteiger partial charge on any atom is -0.337 e. The molecule has 8 nitrogen and oxygen atoms in total. The van der Waals surface area contributed by atoms with Gasteiger partial charge >= 0.3 is 0 Å². The van der Waals surface area contributed by atoms with Crippen LogP contribution in [0.4, 0.5) is 5.69 Å². The molecule has 0 radical (unpaired) electrons. The van der Waals surface area contributed by atoms with E-state index in [1.165, 1.54) is 0 Å². The Morgan fingerprint density at radius 3 is 2.94 bits per heavy atom. The van der Waals surface area contributed by atoms with Crippen LogP contribution in [0.15, 0.2) is 42.7 Å². The summed E-state index contributed by atoms with van der Waals surface area (Å²) in [5.41, 5.74) is 5.07. The van der Waals surface area contributed by atoms with Crippen molar-refractivity contribution in [3.05, 3.63) is 54.0 Å². The number of nitrogens with one attached hydrogen (secondary N) is 2. The van der Waals surface area contributed by atoms with Crippen LogP contribution in [0.2, 0.25) is 0 Å². The number of hydrogen-bond donors (Lipinski definition) is 2. The zero-order valence-electron chi connectivity index (χ0n) is 19.0. The number of carbonyl (C=O) groups is 2. The number of piperidine rings is 1. The van der Waals surface area contributed by atoms with Crippen LogP contribution in [0.3, 0.4) is 0 Å². The van der Waals surface area contributed by atoms with Crippen molar-refractivity contribution in [1.82, 2.24) is 24.6 Å². The Labute approximate surface area is 192 Å². The molecule has 1 aliphatic rings. The first-order valence-electron chi connectivity index (χ1n) is 11.5. The lowest BCUT2D eigenvalue weighted by Gasteiger charge is -2.32. The predicted octanol–water partition coefficient (Wildman–Crippen LogP) is 4.12. The standard InChI is InChI=1S/C25H28N6O2/c1-3-30-15-26-21-13-18(7-9-22(21)30)27-23(32)12-17-5-4-10-31(14-17)25(33)24-19-11-16(2)6-8-20(19)28-29-24/h6-9,11,13,15,17H,3-5,10,12,14H2,1-2H3,(H,27,32)(H,28,29)/t17-/m0/s1. The lowest BCUT2D eigenvalue weighted by Crippen LogP contribution is -2.41. The fourth-order valence-electron chi connectivity index (χ4n) is 4.72. The quantitative estimate of drug-likeness (QED) is 0.484. The van der Waals surface area contributed by atoms with Gasteiger partial charge in [-0.15, -0.1) is 0 Å². The number of aromatic nitrogens is 4. The average Bonchev–Trinajstić information content (AvgIpc) is 3.41. The molecule has 1 aliphatic heterocycles. The van der Waals surface area contributed by atoms with Gasteiger partial charge in [0, 0.05) is 37.1 Å². The molecule has 0 bridgehead atoms. The van der Waals surface area contributed by atoms with Gasteiger partial charge in [-0.2, -0.15) is 5.10 Å². The van der Waals surface area contributed by atoms with E-state index in [2.05, 4.69) is 32.0 Å². The Balaban J connectivity index is 1.23. The molecule has 0 unspecified atom stereocenters. The molecule has 8 heteroatoms. The van der Waals surface area contributed by atoms with Crippen LogP contribution in [-0.2, 0) is 11.3 Å². The van der Waals surface area contributed by atoms with Crippen LogP contribution in [-0.4, -0.2) is 49.6 Å². The first-order chi connectivity index (χ1) is 16.0. The molecule has 5 rings (SSSR count). The fraction of sp³-hybridized carbons (Fsp3) is 0.360. The summed E-state index contributed by atoms with van der Waals surface area (Å²) < 4.78 is 2.07. The Morgan fingerprint density at radius 1 is 1.21 bits per heavy atom. The molecule has 3 heterocycles. The van der Waals surface area contributed by atoms with Crippen molar-refractivity contribution in [1.29, 1.82) is 0 Å². The van der Waals surface area contributed by atoms with Gasteiger partial charge in [0.25, 0.3) is 5.91 Å². The number of likely N-dealkylation sites (tertiary alicyclic amines) is 1. The van der Waals surface area contributed by atoms with Crippen LogP contribution in [0.25, 0.3) is 21.9 Å². The Kier molecular flexibility index (Phi) is 5.58. The van der Waals surface area contributed by atoms with Crippen LogP contribution in [0.5, 0.6) is 0 Å². The van der Waals surface area contributed by atoms with E-state index in [0.717, 1.165) is 52.6 Å². The van der Waals surface area contributed by atoms with Crippen LogP contribution >= 0.6 is 0 Å². The second-order valence-electron chi connectivity index (χ2n) is 8.87. The number of imidazole rings is 1. The van der Waals surface area contributed by atoms with Crippen LogP contribution in [0.1, 0.15) is 42.2 Å². The van der Waals surface area contributed by atoms with Crippen molar-refractivity contribution in [3.63, 3.8) is 0 Å². The van der Waals surface area contributed by atoms with Crippen molar-refractivity contribution in [2.45, 2.75) is 39.7 Å². The predicted molar refractivity (Wildman–Crippen MR) is 128 cm³/mol. The highest BCUT2D eigenvalue weighted by Crippen LogP contribution is 2.25. The van der Waals surface area contributed by atoms with Gasteiger partial charge in [-0.25, -0.2) is 4.98 Å². The summed E-state index contributed by atoms with van der Waals surface area (Å²) >= 11 is 0. The normalized spacial score (nSPS) is 16.4. The number of anilines is 1. The van der Waals surface area contributed by atoms with Crippen LogP contribution in [0, 0.1) is 12.8 Å². The molecule has 0 saturated carbocycles. The van der Waals surface area contributed by atoms with Crippen molar-refractivity contribution in [2.75, 3.05) is 18.4 Å². The molecule has 0 spiro atoms. The summed E-state index contributed by atoms with van der Waals surface area (Å²) in [6, 6.07) is 11.7. The third-order valence-electron chi connectivity index (χ3n) is 6.45. The van der Waals surface area contributed by atoms with Crippen molar-refractivity contribution in [3.8, 4) is 0 Å². The molecule has 1 saturated heterocycles. The Morgan fingerprint density at radius 2 is 2.09 bits per heavy atom. The highest BCUT2D eigenvalue weighted by Gasteiger charge is 2.28. The van der Waals surface area contributed by atoms with E-state index >= 15 is 0 Å². The lowest BCUT2D eigenvalue weighted by molar-refractivity contribution is -0.117. The molecule has 1 fully saturated rings. The Hall–Kier alpha value is -3.68. The number of amides is 2. The molecule has 0 aliphatic carbocycles. The van der Waals surface area contributed by atoms with Gasteiger partial charge in [0.2, 0.25) is 5.91 Å². The highest BCUT2D eigenvalue weighted by atomic mass is 16.2. The number of aryl methyl sites for hydroxylation is 2. The maximum atomic E-state index is 13.2. The molecule has 170 valence electrons. The number of aromatic amines is 1. The molecular formula is C25H28N6O2. The third-order valence-corrected chi connectivity index (χ3v) is 6.45. The fourth-order valence-corrected chi connectivity index (χ4v) is 4.72. The van der Waals surface area contributed by atoms with Gasteiger partial charge < -0.3 is 14.8 Å². The van der Waals surface area contributed by atoms with Crippen molar-refractivity contribution >= 4 is 39.4 Å². The lowest BCUT2D eigenvalue weighted by atomic mass is 9.94. The summed E-state index contributed by atoms with van der Waals surface area (Å²) in [6.45, 7) is 6.18. The van der Waals surface area contributed by atoms with Crippen LogP contribution < -0.4 is 5.32 Å². The highest BCUT2D eigenvalue weighted by molar-refractivity contribution is 6.05. The van der Waals surface area contributed by atoms with Crippen molar-refractivity contribution in [2.24, 2.45) is 5.92 Å². The third kappa shape index (κ3) is 4.20. The number of H-pyrrole nitrogens is 1. The molecule has 1 atom stereocenters. The minimum atomic E-state index is -0.0751. The zero-order chi connectivity index (χ0) is 22.9. The van der Waals surface area contributed by atoms with Gasteiger partial charge in [-0.1, -0.05) is 11.6 Å². The number of hydrogen-bond acceptors (Lipinski definition) is 4. The van der Waals surface area contributed by atoms with E-state index in [1.807, 2.05) is 54.5 Å². The van der Waals surface area contributed by atoms with E-state index in [4.69, 9.17) is 0 Å². The van der Waals surface area contributed by atoms with Gasteiger partial charge in [0.1, 0.15) is 0 Å². The zero-order valence-corrected chi connectivity index (χ0v) is 19.0. The first-order valence-corrected chi connectivity index (χ1v) is 11.5. The second-order valence-corrected chi connectivity index (χ2v) is 8.87. The number of rotatable bonds is 5. The summed E-state index contributed by atoms with van der Waals surface area (Å²) in [4.78, 5) is 32.2. The maximum absolute atomic E-state index is 13.2. The van der Waals surface area contributed by atoms with Gasteiger partial charge in [-0.05, 0) is 62.9 Å². The van der Waals surface area contributed by atoms with E-state index in [1.54, 1.807) is 0 Å². The SMILES string of the molecule is CCn1cnc2cc(NC(=O)C[C@@H]3CCCN(C(=O)c4n[nH]c5ccc(C)cc45)C3)ccc21. The molecule has 2 amide bonds. The number of nitrogens with zero attached hydrogens (tertiary/aromatic N) is 4. The van der Waals surface area contributed by atoms with E-state index in [0.29, 0.717) is 25.2 Å². The summed E-state index contributed by atoms with van der Waals surface area (Å²) in [6.07, 6.45) is 4.00. The smallest absolute Gasteiger partial charge is 0.275 e. The minimum absolute atomic E-state index is 0.0376. The summed E-state index contributed by atoms with van der Waals surface area (Å²) in [5.74, 6) is 0.0102. The molecule has 2 aromatic heterocycles.